The van der Waals surface area contributed by atoms with E-state index in [0.717, 1.165) is 0 Å². The van der Waals surface area contributed by atoms with Gasteiger partial charge in [0.2, 0.25) is 0 Å². The zero-order valence-electron chi connectivity index (χ0n) is 9.11. The summed E-state index contributed by atoms with van der Waals surface area (Å²) in [5, 5.41) is 14.5. The molecule has 0 saturated heterocycles. The van der Waals surface area contributed by atoms with E-state index in [1.807, 2.05) is 6.07 Å². The number of tetrazole rings is 1. The lowest BCUT2D eigenvalue weighted by molar-refractivity contribution is 0.618. The summed E-state index contributed by atoms with van der Waals surface area (Å²) < 4.78 is 13.2. The third-order valence-electron chi connectivity index (χ3n) is 2.17. The van der Waals surface area contributed by atoms with Crippen molar-refractivity contribution < 1.29 is 4.39 Å². The topological polar surface area (TPSA) is 55.6 Å². The van der Waals surface area contributed by atoms with Crippen molar-refractivity contribution in [1.82, 2.24) is 20.2 Å². The molecule has 1 aromatic heterocycles. The zero-order valence-corrected chi connectivity index (χ0v) is 9.11. The van der Waals surface area contributed by atoms with Crippen LogP contribution < -0.4 is 5.32 Å². The van der Waals surface area contributed by atoms with Crippen molar-refractivity contribution in [2.75, 3.05) is 5.32 Å². The minimum Gasteiger partial charge on any atom is -0.378 e. The van der Waals surface area contributed by atoms with Crippen LogP contribution in [-0.2, 0) is 13.6 Å². The molecule has 0 amide bonds. The van der Waals surface area contributed by atoms with Crippen LogP contribution >= 0.6 is 0 Å². The first-order valence-electron chi connectivity index (χ1n) is 4.88. The highest BCUT2D eigenvalue weighted by molar-refractivity contribution is 5.45. The van der Waals surface area contributed by atoms with Crippen LogP contribution in [0.15, 0.2) is 18.2 Å². The molecule has 0 aliphatic heterocycles. The number of hydrogen-bond donors (Lipinski definition) is 1. The van der Waals surface area contributed by atoms with Crippen molar-refractivity contribution in [2.24, 2.45) is 7.05 Å². The molecule has 6 heteroatoms. The molecule has 0 saturated carbocycles. The van der Waals surface area contributed by atoms with Gasteiger partial charge >= 0.3 is 0 Å². The van der Waals surface area contributed by atoms with Crippen molar-refractivity contribution in [3.05, 3.63) is 35.4 Å². The van der Waals surface area contributed by atoms with Crippen molar-refractivity contribution in [2.45, 2.75) is 13.5 Å². The van der Waals surface area contributed by atoms with Crippen LogP contribution in [0.4, 0.5) is 10.1 Å². The first-order valence-corrected chi connectivity index (χ1v) is 4.88. The summed E-state index contributed by atoms with van der Waals surface area (Å²) in [7, 11) is 1.70. The van der Waals surface area contributed by atoms with Gasteiger partial charge in [-0.25, -0.2) is 4.39 Å². The number of halogens is 1. The number of nitrogens with zero attached hydrogens (tertiary/aromatic N) is 4. The Labute approximate surface area is 92.3 Å². The van der Waals surface area contributed by atoms with Crippen molar-refractivity contribution in [1.29, 1.82) is 0 Å². The van der Waals surface area contributed by atoms with E-state index in [0.29, 0.717) is 23.6 Å². The number of rotatable bonds is 3. The van der Waals surface area contributed by atoms with Gasteiger partial charge in [0.25, 0.3) is 0 Å². The summed E-state index contributed by atoms with van der Waals surface area (Å²) in [6.07, 6.45) is 0. The smallest absolute Gasteiger partial charge is 0.193 e. The Kier molecular flexibility index (Phi) is 2.80. The van der Waals surface area contributed by atoms with E-state index in [1.54, 1.807) is 20.0 Å². The van der Waals surface area contributed by atoms with Gasteiger partial charge in [-0.05, 0) is 29.8 Å². The van der Waals surface area contributed by atoms with E-state index in [9.17, 15) is 4.39 Å². The van der Waals surface area contributed by atoms with E-state index in [-0.39, 0.29) is 5.82 Å². The Morgan fingerprint density at radius 2 is 2.25 bits per heavy atom. The van der Waals surface area contributed by atoms with Crippen LogP contribution in [0, 0.1) is 12.7 Å². The minimum atomic E-state index is -0.225. The largest absolute Gasteiger partial charge is 0.378 e. The summed E-state index contributed by atoms with van der Waals surface area (Å²) in [5.41, 5.74) is 1.33. The molecule has 0 spiro atoms. The second-order valence-electron chi connectivity index (χ2n) is 3.51. The Bertz CT molecular complexity index is 494. The maximum atomic E-state index is 13.2. The minimum absolute atomic E-state index is 0.225. The molecule has 84 valence electrons. The quantitative estimate of drug-likeness (QED) is 0.848. The second kappa shape index (κ2) is 4.26. The maximum Gasteiger partial charge on any atom is 0.193 e. The average molecular weight is 221 g/mol. The number of aromatic nitrogens is 4. The lowest BCUT2D eigenvalue weighted by atomic mass is 10.2. The first kappa shape index (κ1) is 10.5. The number of aryl methyl sites for hydroxylation is 2. The third-order valence-corrected chi connectivity index (χ3v) is 2.17. The summed E-state index contributed by atoms with van der Waals surface area (Å²) in [4.78, 5) is 1.38. The van der Waals surface area contributed by atoms with E-state index in [4.69, 9.17) is 0 Å². The fourth-order valence-corrected chi connectivity index (χ4v) is 1.28. The van der Waals surface area contributed by atoms with Gasteiger partial charge in [0.05, 0.1) is 13.6 Å². The number of benzene rings is 1. The van der Waals surface area contributed by atoms with Crippen LogP contribution in [0.5, 0.6) is 0 Å². The van der Waals surface area contributed by atoms with E-state index >= 15 is 0 Å². The average Bonchev–Trinajstić information content (AvgIpc) is 2.66. The molecular weight excluding hydrogens is 209 g/mol. The molecule has 5 nitrogen and oxygen atoms in total. The molecule has 2 aromatic rings. The van der Waals surface area contributed by atoms with Crippen molar-refractivity contribution in [3.8, 4) is 0 Å². The molecule has 2 rings (SSSR count). The summed E-state index contributed by atoms with van der Waals surface area (Å²) in [6.45, 7) is 2.15. The van der Waals surface area contributed by atoms with Gasteiger partial charge in [-0.15, -0.1) is 10.2 Å². The maximum absolute atomic E-state index is 13.2. The van der Waals surface area contributed by atoms with Gasteiger partial charge in [-0.3, -0.25) is 0 Å². The molecule has 0 aliphatic rings. The molecular formula is C10H12FN5. The number of nitrogens with one attached hydrogen (secondary N) is 1. The second-order valence-corrected chi connectivity index (χ2v) is 3.51. The zero-order chi connectivity index (χ0) is 11.5. The van der Waals surface area contributed by atoms with Crippen LogP contribution in [0.1, 0.15) is 11.4 Å². The molecule has 0 bridgehead atoms. The van der Waals surface area contributed by atoms with Gasteiger partial charge in [-0.2, -0.15) is 4.80 Å². The fraction of sp³-hybridized carbons (Fsp3) is 0.300. The molecule has 0 radical (unpaired) electrons. The third kappa shape index (κ3) is 2.33. The summed E-state index contributed by atoms with van der Waals surface area (Å²) in [6, 6.07) is 4.99. The van der Waals surface area contributed by atoms with Crippen LogP contribution in [-0.4, -0.2) is 20.2 Å². The highest BCUT2D eigenvalue weighted by Crippen LogP contribution is 2.13. The molecule has 0 fully saturated rings. The van der Waals surface area contributed by atoms with Crippen molar-refractivity contribution in [3.63, 3.8) is 0 Å². The normalized spacial score (nSPS) is 10.4. The SMILES string of the molecule is Cc1ccc(NCc2nnn(C)n2)cc1F. The van der Waals surface area contributed by atoms with Crippen LogP contribution in [0.2, 0.25) is 0 Å². The fourth-order valence-electron chi connectivity index (χ4n) is 1.28. The molecule has 0 atom stereocenters. The number of hydrogen-bond acceptors (Lipinski definition) is 4. The lowest BCUT2D eigenvalue weighted by Gasteiger charge is -2.04. The molecule has 1 heterocycles. The Morgan fingerprint density at radius 3 is 2.88 bits per heavy atom. The summed E-state index contributed by atoms with van der Waals surface area (Å²) in [5.74, 6) is 0.348. The standard InChI is InChI=1S/C10H12FN5/c1-7-3-4-8(5-9(7)11)12-6-10-13-15-16(2)14-10/h3-5,12H,6H2,1-2H3. The van der Waals surface area contributed by atoms with Gasteiger partial charge in [0, 0.05) is 5.69 Å². The molecule has 0 unspecified atom stereocenters. The van der Waals surface area contributed by atoms with E-state index in [1.165, 1.54) is 10.9 Å². The van der Waals surface area contributed by atoms with Gasteiger partial charge in [-0.1, -0.05) is 6.07 Å². The van der Waals surface area contributed by atoms with Gasteiger partial charge in [0.1, 0.15) is 5.82 Å². The van der Waals surface area contributed by atoms with E-state index in [2.05, 4.69) is 20.7 Å². The van der Waals surface area contributed by atoms with E-state index < -0.39 is 0 Å². The highest BCUT2D eigenvalue weighted by Gasteiger charge is 2.02. The predicted molar refractivity (Wildman–Crippen MR) is 57.3 cm³/mol. The highest BCUT2D eigenvalue weighted by atomic mass is 19.1. The first-order chi connectivity index (χ1) is 7.65. The molecule has 1 aromatic carbocycles. The predicted octanol–water partition coefficient (Wildman–Crippen LogP) is 1.27. The number of anilines is 1. The van der Waals surface area contributed by atoms with Crippen LogP contribution in [0.25, 0.3) is 0 Å². The lowest BCUT2D eigenvalue weighted by Crippen LogP contribution is -2.02. The van der Waals surface area contributed by atoms with Gasteiger partial charge < -0.3 is 5.32 Å². The van der Waals surface area contributed by atoms with Gasteiger partial charge in [0.15, 0.2) is 5.82 Å². The molecule has 0 aliphatic carbocycles. The Balaban J connectivity index is 2.02. The monoisotopic (exact) mass is 221 g/mol. The Morgan fingerprint density at radius 1 is 1.44 bits per heavy atom. The van der Waals surface area contributed by atoms with Crippen LogP contribution in [0.3, 0.4) is 0 Å². The summed E-state index contributed by atoms with van der Waals surface area (Å²) >= 11 is 0. The Hall–Kier alpha value is -1.98. The van der Waals surface area contributed by atoms with Crippen molar-refractivity contribution >= 4 is 5.69 Å². The molecule has 1 N–H and O–H groups in total. The molecule has 16 heavy (non-hydrogen) atoms.